The third-order valence-corrected chi connectivity index (χ3v) is 6.07. The lowest BCUT2D eigenvalue weighted by Crippen LogP contribution is -2.68. The maximum atomic E-state index is 14.5. The second kappa shape index (κ2) is 14.2. The second-order valence-corrected chi connectivity index (χ2v) is 9.38. The van der Waals surface area contributed by atoms with E-state index in [9.17, 15) is 66.7 Å². The monoisotopic (exact) mass is 690 g/mol. The van der Waals surface area contributed by atoms with Crippen LogP contribution in [0, 0.1) is 11.6 Å². The number of benzene rings is 2. The largest absolute Gasteiger partial charge is 0.492 e. The molecular formula is C26H23F13N2O5. The van der Waals surface area contributed by atoms with E-state index in [1.807, 2.05) is 0 Å². The number of anilines is 1. The highest BCUT2D eigenvalue weighted by Gasteiger charge is 2.87. The van der Waals surface area contributed by atoms with E-state index in [1.165, 1.54) is 29.6 Å². The molecule has 0 radical (unpaired) electrons. The molecule has 0 heterocycles. The summed E-state index contributed by atoms with van der Waals surface area (Å²) >= 11 is 0. The van der Waals surface area contributed by atoms with Crippen molar-refractivity contribution < 1.29 is 81.2 Å². The number of urea groups is 1. The van der Waals surface area contributed by atoms with Gasteiger partial charge in [-0.15, -0.1) is 0 Å². The van der Waals surface area contributed by atoms with Crippen molar-refractivity contribution in [1.29, 1.82) is 0 Å². The van der Waals surface area contributed by atoms with Gasteiger partial charge in [0, 0.05) is 19.1 Å². The molecule has 0 spiro atoms. The highest BCUT2D eigenvalue weighted by Crippen LogP contribution is 2.57. The van der Waals surface area contributed by atoms with Crippen molar-refractivity contribution in [1.82, 2.24) is 4.90 Å². The van der Waals surface area contributed by atoms with Crippen LogP contribution in [0.25, 0.3) is 0 Å². The van der Waals surface area contributed by atoms with Gasteiger partial charge in [0.1, 0.15) is 24.0 Å². The van der Waals surface area contributed by atoms with E-state index in [2.05, 4.69) is 0 Å². The maximum Gasteiger partial charge on any atom is 0.460 e. The molecule has 1 unspecified atom stereocenters. The Morgan fingerprint density at radius 3 is 1.96 bits per heavy atom. The number of hydrogen-bond acceptors (Lipinski definition) is 4. The van der Waals surface area contributed by atoms with E-state index >= 15 is 0 Å². The predicted molar refractivity (Wildman–Crippen MR) is 131 cm³/mol. The molecule has 0 aliphatic heterocycles. The number of carboxylic acids is 1. The molecule has 2 rings (SSSR count). The zero-order chi connectivity index (χ0) is 35.3. The fraction of sp³-hybridized carbons (Fsp3) is 0.462. The first-order valence-electron chi connectivity index (χ1n) is 12.6. The summed E-state index contributed by atoms with van der Waals surface area (Å²) in [4.78, 5) is 23.4. The van der Waals surface area contributed by atoms with Crippen LogP contribution in [-0.4, -0.2) is 84.3 Å². The Morgan fingerprint density at radius 1 is 0.870 bits per heavy atom. The van der Waals surface area contributed by atoms with E-state index in [0.717, 1.165) is 0 Å². The van der Waals surface area contributed by atoms with Gasteiger partial charge in [0.15, 0.2) is 6.10 Å². The lowest BCUT2D eigenvalue weighted by atomic mass is 9.97. The fourth-order valence-corrected chi connectivity index (χ4v) is 3.61. The molecule has 0 aliphatic rings. The molecule has 0 aliphatic carbocycles. The molecule has 0 saturated carbocycles. The van der Waals surface area contributed by atoms with Crippen LogP contribution in [0.1, 0.15) is 12.5 Å². The number of ether oxygens (including phenoxy) is 2. The lowest BCUT2D eigenvalue weighted by Gasteiger charge is -2.38. The molecule has 2 aromatic rings. The maximum absolute atomic E-state index is 14.5. The van der Waals surface area contributed by atoms with Gasteiger partial charge in [0.05, 0.1) is 18.8 Å². The number of carbonyl (C=O) groups is 2. The van der Waals surface area contributed by atoms with Crippen molar-refractivity contribution in [3.63, 3.8) is 0 Å². The highest BCUT2D eigenvalue weighted by molar-refractivity contribution is 5.89. The number of hydrogen-bond donors (Lipinski definition) is 2. The fourth-order valence-electron chi connectivity index (χ4n) is 3.61. The van der Waals surface area contributed by atoms with Crippen LogP contribution in [0.2, 0.25) is 0 Å². The summed E-state index contributed by atoms with van der Waals surface area (Å²) in [6.45, 7) is -3.51. The van der Waals surface area contributed by atoms with Crippen LogP contribution < -0.4 is 10.1 Å². The molecule has 46 heavy (non-hydrogen) atoms. The molecule has 2 amide bonds. The second-order valence-electron chi connectivity index (χ2n) is 9.38. The van der Waals surface area contributed by atoms with Crippen molar-refractivity contribution in [3.05, 3.63) is 59.7 Å². The normalized spacial score (nSPS) is 13.7. The van der Waals surface area contributed by atoms with E-state index in [1.54, 1.807) is 6.92 Å². The van der Waals surface area contributed by atoms with Crippen molar-refractivity contribution in [2.75, 3.05) is 31.6 Å². The molecule has 1 atom stereocenters. The number of amides is 2. The highest BCUT2D eigenvalue weighted by atomic mass is 19.4. The number of nitrogens with zero attached hydrogens (tertiary/aromatic N) is 1. The average molecular weight is 690 g/mol. The number of nitrogens with one attached hydrogen (secondary N) is 1. The SMILES string of the molecule is CCOC(Cc1ccc(OCCN(CC(F)(F)C(F)(F)C(F)(F)C(F)(F)C(F)(F)F)C(=O)Nc2ccc(F)cc2F)cc1)C(=O)O. The van der Waals surface area contributed by atoms with Crippen LogP contribution in [0.3, 0.4) is 0 Å². The Bertz CT molecular complexity index is 1350. The summed E-state index contributed by atoms with van der Waals surface area (Å²) in [5.41, 5.74) is -0.558. The zero-order valence-electron chi connectivity index (χ0n) is 23.1. The van der Waals surface area contributed by atoms with Gasteiger partial charge in [-0.05, 0) is 36.8 Å². The van der Waals surface area contributed by atoms with Gasteiger partial charge in [0.25, 0.3) is 0 Å². The van der Waals surface area contributed by atoms with Gasteiger partial charge in [-0.2, -0.15) is 48.3 Å². The summed E-state index contributed by atoms with van der Waals surface area (Å²) in [6.07, 6.45) is -8.73. The summed E-state index contributed by atoms with van der Waals surface area (Å²) in [6, 6.07) is 4.31. The summed E-state index contributed by atoms with van der Waals surface area (Å²) < 4.78 is 186. The Morgan fingerprint density at radius 2 is 1.46 bits per heavy atom. The zero-order valence-corrected chi connectivity index (χ0v) is 23.1. The summed E-state index contributed by atoms with van der Waals surface area (Å²) in [5, 5.41) is 10.7. The first kappa shape index (κ1) is 38.2. The molecule has 0 saturated heterocycles. The van der Waals surface area contributed by atoms with E-state index < -0.39 is 89.9 Å². The summed E-state index contributed by atoms with van der Waals surface area (Å²) in [5.74, 6) is -33.4. The minimum Gasteiger partial charge on any atom is -0.492 e. The smallest absolute Gasteiger partial charge is 0.460 e. The minimum atomic E-state index is -7.73. The molecule has 0 fully saturated rings. The van der Waals surface area contributed by atoms with E-state index in [4.69, 9.17) is 14.6 Å². The van der Waals surface area contributed by atoms with Gasteiger partial charge >= 0.3 is 41.9 Å². The Balaban J connectivity index is 2.31. The van der Waals surface area contributed by atoms with Crippen LogP contribution in [0.5, 0.6) is 5.75 Å². The van der Waals surface area contributed by atoms with Crippen LogP contribution in [-0.2, 0) is 16.0 Å². The van der Waals surface area contributed by atoms with Gasteiger partial charge < -0.3 is 24.8 Å². The summed E-state index contributed by atoms with van der Waals surface area (Å²) in [7, 11) is 0. The van der Waals surface area contributed by atoms with Crippen molar-refractivity contribution in [2.45, 2.75) is 49.3 Å². The van der Waals surface area contributed by atoms with Gasteiger partial charge in [-0.1, -0.05) is 12.1 Å². The lowest BCUT2D eigenvalue weighted by molar-refractivity contribution is -0.422. The topological polar surface area (TPSA) is 88.1 Å². The molecule has 2 N–H and O–H groups in total. The third kappa shape index (κ3) is 8.43. The molecule has 2 aromatic carbocycles. The van der Waals surface area contributed by atoms with E-state index in [-0.39, 0.29) is 24.8 Å². The average Bonchev–Trinajstić information content (AvgIpc) is 2.93. The number of rotatable bonds is 15. The van der Waals surface area contributed by atoms with Crippen LogP contribution in [0.4, 0.5) is 67.6 Å². The Kier molecular flexibility index (Phi) is 11.8. The van der Waals surface area contributed by atoms with Crippen LogP contribution in [0.15, 0.2) is 42.5 Å². The Hall–Kier alpha value is -3.97. The number of carbonyl (C=O) groups excluding carboxylic acids is 1. The van der Waals surface area contributed by atoms with Crippen LogP contribution >= 0.6 is 0 Å². The first-order chi connectivity index (χ1) is 21.0. The standard InChI is InChI=1S/C26H23F13N2O5/c1-2-45-19(20(42)43)11-14-3-6-16(7-4-14)46-10-9-41(21(44)40-18-8-5-15(27)12-17(18)28)13-22(29,30)23(31,32)24(33,34)25(35,36)26(37,38)39/h3-8,12,19H,2,9-11,13H2,1H3,(H,40,44)(H,42,43). The van der Waals surface area contributed by atoms with Gasteiger partial charge in [-0.3, -0.25) is 0 Å². The Labute approximate surface area is 250 Å². The molecule has 258 valence electrons. The third-order valence-electron chi connectivity index (χ3n) is 6.07. The molecule has 0 aromatic heterocycles. The van der Waals surface area contributed by atoms with Crippen molar-refractivity contribution in [2.24, 2.45) is 0 Å². The molecule has 20 heteroatoms. The minimum absolute atomic E-state index is 0.0728. The quantitative estimate of drug-likeness (QED) is 0.197. The van der Waals surface area contributed by atoms with Crippen molar-refractivity contribution >= 4 is 17.7 Å². The molecule has 7 nitrogen and oxygen atoms in total. The van der Waals surface area contributed by atoms with Gasteiger partial charge in [0.2, 0.25) is 0 Å². The molecular weight excluding hydrogens is 667 g/mol. The molecule has 0 bridgehead atoms. The predicted octanol–water partition coefficient (Wildman–Crippen LogP) is 7.01. The van der Waals surface area contributed by atoms with Crippen molar-refractivity contribution in [3.8, 4) is 5.75 Å². The number of halogens is 13. The van der Waals surface area contributed by atoms with E-state index in [0.29, 0.717) is 17.7 Å². The number of alkyl halides is 11. The number of aliphatic carboxylic acids is 1. The number of carboxylic acid groups (broad SMARTS) is 1. The first-order valence-corrected chi connectivity index (χ1v) is 12.6. The van der Waals surface area contributed by atoms with Gasteiger partial charge in [-0.25, -0.2) is 18.4 Å².